The first-order valence-corrected chi connectivity index (χ1v) is 4.81. The van der Waals surface area contributed by atoms with E-state index in [1.54, 1.807) is 0 Å². The van der Waals surface area contributed by atoms with Gasteiger partial charge in [-0.2, -0.15) is 15.4 Å². The normalized spacial score (nSPS) is 10.7. The second-order valence-electron chi connectivity index (χ2n) is 3.40. The van der Waals surface area contributed by atoms with Crippen molar-refractivity contribution in [1.29, 1.82) is 0 Å². The molecule has 1 aromatic carbocycles. The lowest BCUT2D eigenvalue weighted by molar-refractivity contribution is -0.118. The van der Waals surface area contributed by atoms with E-state index in [2.05, 4.69) is 15.4 Å². The Kier molecular flexibility index (Phi) is 2.73. The lowest BCUT2D eigenvalue weighted by Crippen LogP contribution is -2.09. The summed E-state index contributed by atoms with van der Waals surface area (Å²) in [6, 6.07) is 5.61. The molecule has 0 aliphatic carbocycles. The average Bonchev–Trinajstić information content (AvgIpc) is 2.65. The molecular weight excluding hydrogens is 192 g/mol. The van der Waals surface area contributed by atoms with Crippen LogP contribution in [-0.2, 0) is 11.2 Å². The molecule has 78 valence electrons. The lowest BCUT2D eigenvalue weighted by Gasteiger charge is -1.99. The van der Waals surface area contributed by atoms with E-state index in [4.69, 9.17) is 5.73 Å². The van der Waals surface area contributed by atoms with E-state index < -0.39 is 0 Å². The van der Waals surface area contributed by atoms with Gasteiger partial charge in [-0.25, -0.2) is 0 Å². The molecule has 0 bridgehead atoms. The van der Waals surface area contributed by atoms with Crippen molar-refractivity contribution in [3.8, 4) is 0 Å². The van der Waals surface area contributed by atoms with Gasteiger partial charge in [0.15, 0.2) is 0 Å². The quantitative estimate of drug-likeness (QED) is 0.755. The molecule has 0 fully saturated rings. The van der Waals surface area contributed by atoms with E-state index in [9.17, 15) is 4.79 Å². The fourth-order valence-electron chi connectivity index (χ4n) is 1.47. The minimum Gasteiger partial charge on any atom is -0.330 e. The van der Waals surface area contributed by atoms with Gasteiger partial charge in [-0.05, 0) is 24.2 Å². The molecule has 1 aromatic heterocycles. The third-order valence-electron chi connectivity index (χ3n) is 2.21. The molecule has 1 heterocycles. The van der Waals surface area contributed by atoms with Crippen molar-refractivity contribution in [2.75, 3.05) is 6.54 Å². The van der Waals surface area contributed by atoms with Crippen LogP contribution in [0.3, 0.4) is 0 Å². The first-order valence-electron chi connectivity index (χ1n) is 4.81. The van der Waals surface area contributed by atoms with Gasteiger partial charge in [0.25, 0.3) is 0 Å². The topological polar surface area (TPSA) is 84.7 Å². The van der Waals surface area contributed by atoms with Crippen molar-refractivity contribution < 1.29 is 4.79 Å². The highest BCUT2D eigenvalue weighted by Gasteiger charge is 2.04. The largest absolute Gasteiger partial charge is 0.330 e. The summed E-state index contributed by atoms with van der Waals surface area (Å²) in [7, 11) is 0. The third-order valence-corrected chi connectivity index (χ3v) is 2.21. The number of aromatic nitrogens is 3. The van der Waals surface area contributed by atoms with Gasteiger partial charge in [0, 0.05) is 12.8 Å². The molecule has 0 spiro atoms. The smallest absolute Gasteiger partial charge is 0.138 e. The Morgan fingerprint density at radius 3 is 2.93 bits per heavy atom. The molecule has 0 aliphatic heterocycles. The zero-order valence-corrected chi connectivity index (χ0v) is 8.23. The Morgan fingerprint density at radius 2 is 2.13 bits per heavy atom. The molecule has 3 N–H and O–H groups in total. The third kappa shape index (κ3) is 2.19. The Labute approximate surface area is 86.7 Å². The van der Waals surface area contributed by atoms with E-state index in [0.29, 0.717) is 19.4 Å². The lowest BCUT2D eigenvalue weighted by atomic mass is 10.1. The van der Waals surface area contributed by atoms with Crippen molar-refractivity contribution in [2.45, 2.75) is 12.8 Å². The van der Waals surface area contributed by atoms with Crippen LogP contribution in [0.4, 0.5) is 0 Å². The van der Waals surface area contributed by atoms with Crippen LogP contribution in [0.15, 0.2) is 18.2 Å². The highest BCUT2D eigenvalue weighted by molar-refractivity contribution is 5.82. The van der Waals surface area contributed by atoms with Crippen LogP contribution in [0, 0.1) is 0 Å². The van der Waals surface area contributed by atoms with Gasteiger partial charge in [-0.3, -0.25) is 4.79 Å². The van der Waals surface area contributed by atoms with Crippen molar-refractivity contribution in [1.82, 2.24) is 15.4 Å². The summed E-state index contributed by atoms with van der Waals surface area (Å²) in [4.78, 5) is 11.4. The molecule has 0 saturated carbocycles. The molecule has 15 heavy (non-hydrogen) atoms. The SMILES string of the molecule is NCCC(=O)Cc1ccc2n[nH]nc2c1. The summed E-state index contributed by atoms with van der Waals surface area (Å²) < 4.78 is 0. The number of Topliss-reactive ketones (excluding diaryl/α,β-unsaturated/α-hetero) is 1. The maximum Gasteiger partial charge on any atom is 0.138 e. The summed E-state index contributed by atoms with van der Waals surface area (Å²) in [5, 5.41) is 10.4. The minimum absolute atomic E-state index is 0.153. The second kappa shape index (κ2) is 4.18. The van der Waals surface area contributed by atoms with Crippen molar-refractivity contribution in [3.05, 3.63) is 23.8 Å². The van der Waals surface area contributed by atoms with Crippen LogP contribution >= 0.6 is 0 Å². The van der Waals surface area contributed by atoms with Crippen LogP contribution in [0.1, 0.15) is 12.0 Å². The van der Waals surface area contributed by atoms with Gasteiger partial charge in [0.2, 0.25) is 0 Å². The Balaban J connectivity index is 2.17. The van der Waals surface area contributed by atoms with Crippen molar-refractivity contribution in [3.63, 3.8) is 0 Å². The Morgan fingerprint density at radius 1 is 1.33 bits per heavy atom. The predicted molar refractivity (Wildman–Crippen MR) is 56.3 cm³/mol. The highest BCUT2D eigenvalue weighted by atomic mass is 16.1. The van der Waals surface area contributed by atoms with Gasteiger partial charge in [-0.1, -0.05) is 6.07 Å². The van der Waals surface area contributed by atoms with E-state index in [0.717, 1.165) is 16.6 Å². The summed E-state index contributed by atoms with van der Waals surface area (Å²) >= 11 is 0. The maximum absolute atomic E-state index is 11.4. The van der Waals surface area contributed by atoms with Crippen molar-refractivity contribution in [2.24, 2.45) is 5.73 Å². The van der Waals surface area contributed by atoms with Gasteiger partial charge >= 0.3 is 0 Å². The molecule has 5 nitrogen and oxygen atoms in total. The molecule has 0 amide bonds. The number of aromatic amines is 1. The average molecular weight is 204 g/mol. The zero-order chi connectivity index (χ0) is 10.7. The first kappa shape index (κ1) is 9.79. The molecule has 0 saturated heterocycles. The van der Waals surface area contributed by atoms with E-state index in [-0.39, 0.29) is 5.78 Å². The van der Waals surface area contributed by atoms with Crippen molar-refractivity contribution >= 4 is 16.8 Å². The highest BCUT2D eigenvalue weighted by Crippen LogP contribution is 2.11. The molecule has 0 radical (unpaired) electrons. The van der Waals surface area contributed by atoms with Crippen LogP contribution in [-0.4, -0.2) is 27.7 Å². The number of nitrogens with zero attached hydrogens (tertiary/aromatic N) is 2. The maximum atomic E-state index is 11.4. The molecule has 0 atom stereocenters. The van der Waals surface area contributed by atoms with Gasteiger partial charge in [0.1, 0.15) is 16.8 Å². The van der Waals surface area contributed by atoms with E-state index in [1.807, 2.05) is 18.2 Å². The fraction of sp³-hybridized carbons (Fsp3) is 0.300. The standard InChI is InChI=1S/C10H12N4O/c11-4-3-8(15)5-7-1-2-9-10(6-7)13-14-12-9/h1-2,6H,3-5,11H2,(H,12,13,14). The molecule has 2 aromatic rings. The second-order valence-corrected chi connectivity index (χ2v) is 3.40. The molecular formula is C10H12N4O. The number of ketones is 1. The number of carbonyl (C=O) groups is 1. The zero-order valence-electron chi connectivity index (χ0n) is 8.23. The fourth-order valence-corrected chi connectivity index (χ4v) is 1.47. The summed E-state index contributed by atoms with van der Waals surface area (Å²) in [6.07, 6.45) is 0.844. The number of carbonyl (C=O) groups excluding carboxylic acids is 1. The van der Waals surface area contributed by atoms with E-state index >= 15 is 0 Å². The van der Waals surface area contributed by atoms with Gasteiger partial charge in [-0.15, -0.1) is 0 Å². The number of hydrogen-bond donors (Lipinski definition) is 2. The molecule has 2 rings (SSSR count). The number of rotatable bonds is 4. The molecule has 5 heteroatoms. The number of H-pyrrole nitrogens is 1. The summed E-state index contributed by atoms with van der Waals surface area (Å²) in [5.74, 6) is 0.153. The number of benzene rings is 1. The number of nitrogens with two attached hydrogens (primary N) is 1. The summed E-state index contributed by atoms with van der Waals surface area (Å²) in [5.41, 5.74) is 7.86. The predicted octanol–water partition coefficient (Wildman–Crippen LogP) is 0.418. The Hall–Kier alpha value is -1.75. The Bertz CT molecular complexity index is 477. The number of fused-ring (bicyclic) bond motifs is 1. The molecule has 0 aliphatic rings. The van der Waals surface area contributed by atoms with E-state index in [1.165, 1.54) is 0 Å². The minimum atomic E-state index is 0.153. The summed E-state index contributed by atoms with van der Waals surface area (Å²) in [6.45, 7) is 0.408. The number of nitrogens with one attached hydrogen (secondary N) is 1. The van der Waals surface area contributed by atoms with Crippen LogP contribution in [0.5, 0.6) is 0 Å². The molecule has 0 unspecified atom stereocenters. The van der Waals surface area contributed by atoms with Crippen LogP contribution in [0.2, 0.25) is 0 Å². The number of hydrogen-bond acceptors (Lipinski definition) is 4. The van der Waals surface area contributed by atoms with Gasteiger partial charge < -0.3 is 5.73 Å². The monoisotopic (exact) mass is 204 g/mol. The van der Waals surface area contributed by atoms with Crippen LogP contribution in [0.25, 0.3) is 11.0 Å². The van der Waals surface area contributed by atoms with Crippen LogP contribution < -0.4 is 5.73 Å². The van der Waals surface area contributed by atoms with Gasteiger partial charge in [0.05, 0.1) is 0 Å². The first-order chi connectivity index (χ1) is 7.29.